The fourth-order valence-electron chi connectivity index (χ4n) is 3.20. The zero-order valence-electron chi connectivity index (χ0n) is 14.6. The lowest BCUT2D eigenvalue weighted by Gasteiger charge is -2.23. The molecule has 1 aliphatic carbocycles. The van der Waals surface area contributed by atoms with Crippen molar-refractivity contribution in [2.45, 2.75) is 47.0 Å². The molecule has 0 aromatic carbocycles. The summed E-state index contributed by atoms with van der Waals surface area (Å²) in [5.41, 5.74) is 2.50. The van der Waals surface area contributed by atoms with E-state index in [0.29, 0.717) is 17.5 Å². The van der Waals surface area contributed by atoms with Crippen molar-refractivity contribution in [3.63, 3.8) is 0 Å². The van der Waals surface area contributed by atoms with Gasteiger partial charge in [-0.15, -0.1) is 0 Å². The number of aryl methyl sites for hydroxylation is 2. The third-order valence-electron chi connectivity index (χ3n) is 4.21. The first-order valence-corrected chi connectivity index (χ1v) is 8.21. The lowest BCUT2D eigenvalue weighted by molar-refractivity contribution is 0.0958. The van der Waals surface area contributed by atoms with E-state index in [1.807, 2.05) is 0 Å². The average molecular weight is 319 g/mol. The van der Waals surface area contributed by atoms with Crippen LogP contribution in [0.2, 0.25) is 0 Å². The molecule has 0 saturated carbocycles. The normalized spacial score (nSPS) is 16.1. The van der Waals surface area contributed by atoms with E-state index in [1.165, 1.54) is 7.05 Å². The summed E-state index contributed by atoms with van der Waals surface area (Å²) in [5, 5.41) is 6.90. The Morgan fingerprint density at radius 1 is 1.43 bits per heavy atom. The third-order valence-corrected chi connectivity index (χ3v) is 4.21. The molecule has 1 aromatic heterocycles. The van der Waals surface area contributed by atoms with Gasteiger partial charge in [-0.1, -0.05) is 32.9 Å². The number of halogens is 1. The molecule has 0 radical (unpaired) electrons. The van der Waals surface area contributed by atoms with Crippen molar-refractivity contribution in [3.8, 4) is 0 Å². The van der Waals surface area contributed by atoms with Crippen molar-refractivity contribution in [3.05, 3.63) is 40.6 Å². The van der Waals surface area contributed by atoms with Crippen LogP contribution >= 0.6 is 0 Å². The topological polar surface area (TPSA) is 46.9 Å². The Balaban J connectivity index is 2.26. The monoisotopic (exact) mass is 319 g/mol. The molecule has 1 unspecified atom stereocenters. The second-order valence-electron chi connectivity index (χ2n) is 6.73. The van der Waals surface area contributed by atoms with Crippen LogP contribution in [0.4, 0.5) is 4.39 Å². The van der Waals surface area contributed by atoms with Gasteiger partial charge in [0.05, 0.1) is 5.69 Å². The quantitative estimate of drug-likeness (QED) is 0.895. The van der Waals surface area contributed by atoms with Gasteiger partial charge in [-0.25, -0.2) is 4.68 Å². The van der Waals surface area contributed by atoms with Crippen molar-refractivity contribution in [1.82, 2.24) is 15.1 Å². The number of nitrogens with one attached hydrogen (secondary N) is 1. The molecule has 1 amide bonds. The van der Waals surface area contributed by atoms with Crippen LogP contribution in [0.1, 0.15) is 56.1 Å². The summed E-state index contributed by atoms with van der Waals surface area (Å²) in [6.07, 6.45) is 6.96. The minimum Gasteiger partial charge on any atom is -0.325 e. The summed E-state index contributed by atoms with van der Waals surface area (Å²) in [5.74, 6) is -0.0548. The molecule has 0 fully saturated rings. The highest BCUT2D eigenvalue weighted by Crippen LogP contribution is 2.28. The van der Waals surface area contributed by atoms with Crippen LogP contribution in [0.15, 0.2) is 23.4 Å². The third kappa shape index (κ3) is 3.89. The first-order chi connectivity index (χ1) is 10.8. The summed E-state index contributed by atoms with van der Waals surface area (Å²) in [7, 11) is 1.50. The van der Waals surface area contributed by atoms with Crippen LogP contribution in [0.25, 0.3) is 0 Å². The lowest BCUT2D eigenvalue weighted by atomic mass is 9.87. The standard InChI is InChI=1S/C18H26FN3O/c1-11(2)10-12(3)14-8-6-7-9-15(14)20-18(23)16-13(4)21-22(5)17(16)19/h6,8,11-12H,7,9-10H2,1-5H3,(H,20,23). The van der Waals surface area contributed by atoms with Crippen LogP contribution in [-0.4, -0.2) is 15.7 Å². The highest BCUT2D eigenvalue weighted by atomic mass is 19.1. The van der Waals surface area contributed by atoms with Gasteiger partial charge in [0.1, 0.15) is 5.56 Å². The van der Waals surface area contributed by atoms with E-state index in [0.717, 1.165) is 35.2 Å². The van der Waals surface area contributed by atoms with Gasteiger partial charge in [0.25, 0.3) is 5.91 Å². The summed E-state index contributed by atoms with van der Waals surface area (Å²) >= 11 is 0. The Hall–Kier alpha value is -1.91. The van der Waals surface area contributed by atoms with Gasteiger partial charge in [0.15, 0.2) is 0 Å². The predicted molar refractivity (Wildman–Crippen MR) is 89.4 cm³/mol. The number of hydrogen-bond donors (Lipinski definition) is 1. The first-order valence-electron chi connectivity index (χ1n) is 8.21. The van der Waals surface area contributed by atoms with Crippen LogP contribution in [0.3, 0.4) is 0 Å². The number of aromatic nitrogens is 2. The summed E-state index contributed by atoms with van der Waals surface area (Å²) in [6, 6.07) is 0. The van der Waals surface area contributed by atoms with Gasteiger partial charge in [0, 0.05) is 12.7 Å². The van der Waals surface area contributed by atoms with Crippen LogP contribution in [-0.2, 0) is 7.05 Å². The maximum Gasteiger partial charge on any atom is 0.261 e. The van der Waals surface area contributed by atoms with E-state index in [1.54, 1.807) is 6.92 Å². The Morgan fingerprint density at radius 3 is 2.70 bits per heavy atom. The number of hydrogen-bond acceptors (Lipinski definition) is 2. The average Bonchev–Trinajstić information content (AvgIpc) is 2.71. The van der Waals surface area contributed by atoms with E-state index in [9.17, 15) is 9.18 Å². The molecular weight excluding hydrogens is 293 g/mol. The number of carbonyl (C=O) groups excluding carboxylic acids is 1. The smallest absolute Gasteiger partial charge is 0.261 e. The molecule has 0 spiro atoms. The Kier molecular flexibility index (Phi) is 5.39. The van der Waals surface area contributed by atoms with E-state index in [-0.39, 0.29) is 5.56 Å². The molecule has 2 rings (SSSR count). The van der Waals surface area contributed by atoms with Gasteiger partial charge in [0.2, 0.25) is 5.95 Å². The van der Waals surface area contributed by atoms with Crippen molar-refractivity contribution >= 4 is 5.91 Å². The van der Waals surface area contributed by atoms with Crippen LogP contribution in [0, 0.1) is 24.7 Å². The fraction of sp³-hybridized carbons (Fsp3) is 0.556. The molecule has 0 bridgehead atoms. The second-order valence-corrected chi connectivity index (χ2v) is 6.73. The highest BCUT2D eigenvalue weighted by Gasteiger charge is 2.23. The fourth-order valence-corrected chi connectivity index (χ4v) is 3.20. The van der Waals surface area contributed by atoms with Gasteiger partial charge in [-0.3, -0.25) is 4.79 Å². The number of allylic oxidation sites excluding steroid dienone is 4. The molecule has 1 aliphatic rings. The Bertz CT molecular complexity index is 655. The van der Waals surface area contributed by atoms with Gasteiger partial charge in [-0.2, -0.15) is 9.49 Å². The van der Waals surface area contributed by atoms with Crippen molar-refractivity contribution in [2.24, 2.45) is 18.9 Å². The van der Waals surface area contributed by atoms with Crippen molar-refractivity contribution in [1.29, 1.82) is 0 Å². The lowest BCUT2D eigenvalue weighted by Crippen LogP contribution is -2.27. The molecule has 4 nitrogen and oxygen atoms in total. The molecular formula is C18H26FN3O. The van der Waals surface area contributed by atoms with Gasteiger partial charge >= 0.3 is 0 Å². The summed E-state index contributed by atoms with van der Waals surface area (Å²) < 4.78 is 15.2. The van der Waals surface area contributed by atoms with Crippen molar-refractivity contribution in [2.75, 3.05) is 0 Å². The molecule has 23 heavy (non-hydrogen) atoms. The molecule has 1 N–H and O–H groups in total. The maximum atomic E-state index is 14.1. The molecule has 5 heteroatoms. The Morgan fingerprint density at radius 2 is 2.13 bits per heavy atom. The molecule has 1 atom stereocenters. The summed E-state index contributed by atoms with van der Waals surface area (Å²) in [4.78, 5) is 12.5. The predicted octanol–water partition coefficient (Wildman–Crippen LogP) is 3.88. The Labute approximate surface area is 137 Å². The SMILES string of the molecule is Cc1nn(C)c(F)c1C(=O)NC1=C(C(C)CC(C)C)C=CCC1. The van der Waals surface area contributed by atoms with Crippen LogP contribution in [0.5, 0.6) is 0 Å². The van der Waals surface area contributed by atoms with Gasteiger partial charge < -0.3 is 5.32 Å². The summed E-state index contributed by atoms with van der Waals surface area (Å²) in [6.45, 7) is 8.20. The van der Waals surface area contributed by atoms with E-state index >= 15 is 0 Å². The maximum absolute atomic E-state index is 14.1. The van der Waals surface area contributed by atoms with Crippen molar-refractivity contribution < 1.29 is 9.18 Å². The van der Waals surface area contributed by atoms with Gasteiger partial charge in [-0.05, 0) is 43.6 Å². The molecule has 126 valence electrons. The first kappa shape index (κ1) is 17.4. The molecule has 1 aromatic rings. The van der Waals surface area contributed by atoms with Crippen LogP contribution < -0.4 is 5.32 Å². The van der Waals surface area contributed by atoms with E-state index in [4.69, 9.17) is 0 Å². The minimum absolute atomic E-state index is 0.0328. The zero-order valence-corrected chi connectivity index (χ0v) is 14.6. The highest BCUT2D eigenvalue weighted by molar-refractivity contribution is 5.96. The number of amides is 1. The van der Waals surface area contributed by atoms with E-state index < -0.39 is 11.9 Å². The minimum atomic E-state index is -0.594. The zero-order chi connectivity index (χ0) is 17.1. The molecule has 0 aliphatic heterocycles. The number of nitrogens with zero attached hydrogens (tertiary/aromatic N) is 2. The molecule has 1 heterocycles. The largest absolute Gasteiger partial charge is 0.325 e. The second kappa shape index (κ2) is 7.11. The molecule has 0 saturated heterocycles. The number of rotatable bonds is 5. The van der Waals surface area contributed by atoms with E-state index in [2.05, 4.69) is 43.3 Å². The number of carbonyl (C=O) groups is 1.